The van der Waals surface area contributed by atoms with E-state index < -0.39 is 0 Å². The van der Waals surface area contributed by atoms with Crippen molar-refractivity contribution in [2.45, 2.75) is 25.3 Å². The van der Waals surface area contributed by atoms with Crippen molar-refractivity contribution in [1.82, 2.24) is 0 Å². The highest BCUT2D eigenvalue weighted by molar-refractivity contribution is 7.10. The summed E-state index contributed by atoms with van der Waals surface area (Å²) in [6, 6.07) is 4.24. The molecule has 2 atom stereocenters. The SMILES string of the molecule is CC1CCC1(N)c1cccs1. The second-order valence-electron chi connectivity index (χ2n) is 3.46. The van der Waals surface area contributed by atoms with E-state index in [2.05, 4.69) is 24.4 Å². The van der Waals surface area contributed by atoms with E-state index in [4.69, 9.17) is 5.73 Å². The molecule has 60 valence electrons. The van der Waals surface area contributed by atoms with Crippen molar-refractivity contribution < 1.29 is 0 Å². The maximum atomic E-state index is 6.22. The highest BCUT2D eigenvalue weighted by Gasteiger charge is 2.42. The zero-order valence-electron chi connectivity index (χ0n) is 6.71. The summed E-state index contributed by atoms with van der Waals surface area (Å²) in [5.41, 5.74) is 6.24. The minimum Gasteiger partial charge on any atom is -0.321 e. The lowest BCUT2D eigenvalue weighted by molar-refractivity contribution is 0.149. The van der Waals surface area contributed by atoms with E-state index in [1.165, 1.54) is 11.3 Å². The molecule has 1 aliphatic rings. The molecule has 0 aliphatic heterocycles. The average Bonchev–Trinajstić information content (AvgIpc) is 2.52. The molecular formula is C9H13NS. The summed E-state index contributed by atoms with van der Waals surface area (Å²) < 4.78 is 0. The molecular weight excluding hydrogens is 154 g/mol. The summed E-state index contributed by atoms with van der Waals surface area (Å²) in [6.07, 6.45) is 2.45. The molecule has 2 heteroatoms. The molecule has 1 nitrogen and oxygen atoms in total. The molecule has 1 fully saturated rings. The van der Waals surface area contributed by atoms with E-state index in [9.17, 15) is 0 Å². The van der Waals surface area contributed by atoms with Gasteiger partial charge in [0.05, 0.1) is 5.54 Å². The summed E-state index contributed by atoms with van der Waals surface area (Å²) in [6.45, 7) is 2.24. The van der Waals surface area contributed by atoms with Crippen molar-refractivity contribution in [2.75, 3.05) is 0 Å². The Balaban J connectivity index is 2.28. The number of hydrogen-bond acceptors (Lipinski definition) is 2. The molecule has 0 saturated heterocycles. The fourth-order valence-electron chi connectivity index (χ4n) is 1.65. The highest BCUT2D eigenvalue weighted by atomic mass is 32.1. The van der Waals surface area contributed by atoms with Crippen LogP contribution in [0.1, 0.15) is 24.6 Å². The molecule has 0 radical (unpaired) electrons. The Hall–Kier alpha value is -0.340. The van der Waals surface area contributed by atoms with Gasteiger partial charge in [0.1, 0.15) is 0 Å². The van der Waals surface area contributed by atoms with Crippen LogP contribution in [0.5, 0.6) is 0 Å². The third-order valence-electron chi connectivity index (χ3n) is 2.85. The first-order valence-electron chi connectivity index (χ1n) is 4.06. The molecule has 0 spiro atoms. The molecule has 1 saturated carbocycles. The lowest BCUT2D eigenvalue weighted by Crippen LogP contribution is -2.50. The Morgan fingerprint density at radius 3 is 2.91 bits per heavy atom. The van der Waals surface area contributed by atoms with Crippen LogP contribution in [0.25, 0.3) is 0 Å². The molecule has 0 aromatic carbocycles. The van der Waals surface area contributed by atoms with Crippen LogP contribution < -0.4 is 5.73 Å². The van der Waals surface area contributed by atoms with Crippen LogP contribution in [0.3, 0.4) is 0 Å². The quantitative estimate of drug-likeness (QED) is 0.682. The van der Waals surface area contributed by atoms with Crippen LogP contribution in [0.15, 0.2) is 17.5 Å². The second-order valence-corrected chi connectivity index (χ2v) is 4.41. The standard InChI is InChI=1S/C9H13NS/c1-7-4-5-9(7,10)8-3-2-6-11-8/h2-3,6-7H,4-5,10H2,1H3. The van der Waals surface area contributed by atoms with Crippen molar-refractivity contribution in [3.63, 3.8) is 0 Å². The molecule has 1 aliphatic carbocycles. The zero-order valence-corrected chi connectivity index (χ0v) is 7.53. The molecule has 1 heterocycles. The van der Waals surface area contributed by atoms with Crippen molar-refractivity contribution >= 4 is 11.3 Å². The second kappa shape index (κ2) is 2.32. The summed E-state index contributed by atoms with van der Waals surface area (Å²) in [7, 11) is 0. The Bertz CT molecular complexity index is 242. The minimum atomic E-state index is 0.0220. The van der Waals surface area contributed by atoms with Gasteiger partial charge in [-0.25, -0.2) is 0 Å². The largest absolute Gasteiger partial charge is 0.321 e. The normalized spacial score (nSPS) is 36.7. The molecule has 1 aromatic heterocycles. The average molecular weight is 167 g/mol. The van der Waals surface area contributed by atoms with Crippen LogP contribution in [0, 0.1) is 5.92 Å². The fourth-order valence-corrected chi connectivity index (χ4v) is 2.64. The van der Waals surface area contributed by atoms with Gasteiger partial charge < -0.3 is 5.73 Å². The summed E-state index contributed by atoms with van der Waals surface area (Å²) in [5.74, 6) is 0.668. The molecule has 1 aromatic rings. The number of rotatable bonds is 1. The summed E-state index contributed by atoms with van der Waals surface area (Å²) in [5, 5.41) is 2.11. The number of nitrogens with two attached hydrogens (primary N) is 1. The van der Waals surface area contributed by atoms with Crippen LogP contribution in [-0.4, -0.2) is 0 Å². The molecule has 0 bridgehead atoms. The first kappa shape index (κ1) is 7.32. The van der Waals surface area contributed by atoms with Gasteiger partial charge in [-0.15, -0.1) is 11.3 Å². The molecule has 2 N–H and O–H groups in total. The highest BCUT2D eigenvalue weighted by Crippen LogP contribution is 2.45. The van der Waals surface area contributed by atoms with Crippen LogP contribution in [0.2, 0.25) is 0 Å². The maximum Gasteiger partial charge on any atom is 0.0529 e. The van der Waals surface area contributed by atoms with Crippen LogP contribution >= 0.6 is 11.3 Å². The van der Waals surface area contributed by atoms with Gasteiger partial charge >= 0.3 is 0 Å². The van der Waals surface area contributed by atoms with Crippen LogP contribution in [-0.2, 0) is 5.54 Å². The number of thiophene rings is 1. The van der Waals surface area contributed by atoms with E-state index in [0.29, 0.717) is 5.92 Å². The molecule has 11 heavy (non-hydrogen) atoms. The van der Waals surface area contributed by atoms with E-state index in [0.717, 1.165) is 6.42 Å². The summed E-state index contributed by atoms with van der Waals surface area (Å²) in [4.78, 5) is 1.36. The lowest BCUT2D eigenvalue weighted by atomic mass is 9.67. The Morgan fingerprint density at radius 2 is 2.55 bits per heavy atom. The third kappa shape index (κ3) is 0.932. The predicted octanol–water partition coefficient (Wildman–Crippen LogP) is 2.33. The van der Waals surface area contributed by atoms with Gasteiger partial charge in [-0.3, -0.25) is 0 Å². The summed E-state index contributed by atoms with van der Waals surface area (Å²) >= 11 is 1.78. The van der Waals surface area contributed by atoms with Gasteiger partial charge in [-0.05, 0) is 30.2 Å². The van der Waals surface area contributed by atoms with Gasteiger partial charge in [0.2, 0.25) is 0 Å². The van der Waals surface area contributed by atoms with Crippen molar-refractivity contribution in [2.24, 2.45) is 11.7 Å². The minimum absolute atomic E-state index is 0.0220. The molecule has 2 unspecified atom stereocenters. The topological polar surface area (TPSA) is 26.0 Å². The van der Waals surface area contributed by atoms with Gasteiger partial charge in [0.15, 0.2) is 0 Å². The lowest BCUT2D eigenvalue weighted by Gasteiger charge is -2.44. The van der Waals surface area contributed by atoms with E-state index in [1.807, 2.05) is 0 Å². The third-order valence-corrected chi connectivity index (χ3v) is 3.91. The zero-order chi connectivity index (χ0) is 7.90. The monoisotopic (exact) mass is 167 g/mol. The Kier molecular flexibility index (Phi) is 1.55. The maximum absolute atomic E-state index is 6.22. The van der Waals surface area contributed by atoms with Gasteiger partial charge in [-0.2, -0.15) is 0 Å². The first-order valence-corrected chi connectivity index (χ1v) is 4.94. The smallest absolute Gasteiger partial charge is 0.0529 e. The van der Waals surface area contributed by atoms with Gasteiger partial charge in [0, 0.05) is 4.88 Å². The predicted molar refractivity (Wildman–Crippen MR) is 48.6 cm³/mol. The first-order chi connectivity index (χ1) is 5.23. The van der Waals surface area contributed by atoms with Gasteiger partial charge in [-0.1, -0.05) is 13.0 Å². The van der Waals surface area contributed by atoms with Crippen LogP contribution in [0.4, 0.5) is 0 Å². The van der Waals surface area contributed by atoms with E-state index >= 15 is 0 Å². The molecule has 0 amide bonds. The Morgan fingerprint density at radius 1 is 1.73 bits per heavy atom. The van der Waals surface area contributed by atoms with Crippen molar-refractivity contribution in [3.8, 4) is 0 Å². The molecule has 2 rings (SSSR count). The number of hydrogen-bond donors (Lipinski definition) is 1. The van der Waals surface area contributed by atoms with Crippen molar-refractivity contribution in [1.29, 1.82) is 0 Å². The van der Waals surface area contributed by atoms with Gasteiger partial charge in [0.25, 0.3) is 0 Å². The van der Waals surface area contributed by atoms with E-state index in [-0.39, 0.29) is 5.54 Å². The van der Waals surface area contributed by atoms with E-state index in [1.54, 1.807) is 11.3 Å². The van der Waals surface area contributed by atoms with Crippen molar-refractivity contribution in [3.05, 3.63) is 22.4 Å². The Labute approximate surface area is 71.2 Å². The fraction of sp³-hybridized carbons (Fsp3) is 0.556.